The number of pyridine rings is 1. The lowest BCUT2D eigenvalue weighted by atomic mass is 10.0. The maximum Gasteiger partial charge on any atom is 0.339 e. The van der Waals surface area contributed by atoms with Gasteiger partial charge >= 0.3 is 5.97 Å². The standard InChI is InChI=1S/C33H28N2O4/c1-22-9-8-14-29(23(22)2)35-32(36)21-39-33(37)28-19-31(34-30-13-7-6-12-27(28)30)25-15-17-26(18-16-25)38-20-24-10-4-3-5-11-24/h3-19H,20-21H2,1-2H3,(H,35,36). The Bertz CT molecular complexity index is 1630. The molecule has 0 aliphatic heterocycles. The van der Waals surface area contributed by atoms with Gasteiger partial charge in [-0.15, -0.1) is 0 Å². The van der Waals surface area contributed by atoms with Crippen molar-refractivity contribution in [2.75, 3.05) is 11.9 Å². The van der Waals surface area contributed by atoms with Crippen LogP contribution in [-0.2, 0) is 16.1 Å². The summed E-state index contributed by atoms with van der Waals surface area (Å²) in [4.78, 5) is 30.4. The number of nitrogens with zero attached hydrogens (tertiary/aromatic N) is 1. The molecule has 0 aliphatic rings. The molecule has 0 unspecified atom stereocenters. The Labute approximate surface area is 227 Å². The minimum atomic E-state index is -0.589. The number of carbonyl (C=O) groups is 2. The fraction of sp³-hybridized carbons (Fsp3) is 0.121. The minimum Gasteiger partial charge on any atom is -0.489 e. The van der Waals surface area contributed by atoms with Gasteiger partial charge in [0.25, 0.3) is 5.91 Å². The second kappa shape index (κ2) is 11.6. The molecule has 0 aliphatic carbocycles. The normalized spacial score (nSPS) is 10.7. The highest BCUT2D eigenvalue weighted by Crippen LogP contribution is 2.27. The first-order valence-corrected chi connectivity index (χ1v) is 12.7. The molecule has 1 aromatic heterocycles. The first-order chi connectivity index (χ1) is 19.0. The molecule has 0 spiro atoms. The van der Waals surface area contributed by atoms with E-state index < -0.39 is 18.5 Å². The van der Waals surface area contributed by atoms with Crippen LogP contribution in [0.3, 0.4) is 0 Å². The predicted molar refractivity (Wildman–Crippen MR) is 153 cm³/mol. The molecule has 1 N–H and O–H groups in total. The Morgan fingerprint density at radius 3 is 2.36 bits per heavy atom. The van der Waals surface area contributed by atoms with E-state index in [9.17, 15) is 9.59 Å². The van der Waals surface area contributed by atoms with Crippen LogP contribution in [0, 0.1) is 13.8 Å². The largest absolute Gasteiger partial charge is 0.489 e. The van der Waals surface area contributed by atoms with Crippen LogP contribution in [0.1, 0.15) is 27.0 Å². The Kier molecular flexibility index (Phi) is 7.64. The van der Waals surface area contributed by atoms with Gasteiger partial charge in [0, 0.05) is 16.6 Å². The van der Waals surface area contributed by atoms with Gasteiger partial charge in [-0.25, -0.2) is 9.78 Å². The lowest BCUT2D eigenvalue weighted by molar-refractivity contribution is -0.119. The number of para-hydroxylation sites is 1. The first-order valence-electron chi connectivity index (χ1n) is 12.7. The predicted octanol–water partition coefficient (Wildman–Crippen LogP) is 6.89. The number of amides is 1. The van der Waals surface area contributed by atoms with E-state index in [-0.39, 0.29) is 0 Å². The summed E-state index contributed by atoms with van der Waals surface area (Å²) in [5, 5.41) is 3.47. The van der Waals surface area contributed by atoms with Crippen LogP contribution in [-0.4, -0.2) is 23.5 Å². The zero-order valence-corrected chi connectivity index (χ0v) is 21.8. The van der Waals surface area contributed by atoms with Crippen molar-refractivity contribution >= 4 is 28.5 Å². The number of hydrogen-bond donors (Lipinski definition) is 1. The highest BCUT2D eigenvalue weighted by molar-refractivity contribution is 6.05. The Balaban J connectivity index is 1.32. The van der Waals surface area contributed by atoms with Crippen LogP contribution in [0.5, 0.6) is 5.75 Å². The second-order valence-electron chi connectivity index (χ2n) is 9.24. The van der Waals surface area contributed by atoms with Gasteiger partial charge in [-0.1, -0.05) is 60.7 Å². The monoisotopic (exact) mass is 516 g/mol. The highest BCUT2D eigenvalue weighted by Gasteiger charge is 2.17. The van der Waals surface area contributed by atoms with E-state index in [1.54, 1.807) is 6.07 Å². The van der Waals surface area contributed by atoms with Gasteiger partial charge in [0.2, 0.25) is 0 Å². The molecule has 0 radical (unpaired) electrons. The van der Waals surface area contributed by atoms with Crippen molar-refractivity contribution in [2.24, 2.45) is 0 Å². The summed E-state index contributed by atoms with van der Waals surface area (Å²) in [7, 11) is 0. The maximum absolute atomic E-state index is 13.1. The number of hydrogen-bond acceptors (Lipinski definition) is 5. The molecule has 5 rings (SSSR count). The summed E-state index contributed by atoms with van der Waals surface area (Å²) in [5.41, 5.74) is 6.28. The lowest BCUT2D eigenvalue weighted by Crippen LogP contribution is -2.21. The summed E-state index contributed by atoms with van der Waals surface area (Å²) >= 11 is 0. The van der Waals surface area contributed by atoms with Crippen molar-refractivity contribution < 1.29 is 19.1 Å². The third-order valence-electron chi connectivity index (χ3n) is 6.55. The number of ether oxygens (including phenoxy) is 2. The van der Waals surface area contributed by atoms with Crippen molar-refractivity contribution in [3.63, 3.8) is 0 Å². The lowest BCUT2D eigenvalue weighted by Gasteiger charge is -2.12. The molecule has 6 heteroatoms. The number of benzene rings is 4. The fourth-order valence-electron chi connectivity index (χ4n) is 4.24. The SMILES string of the molecule is Cc1cccc(NC(=O)COC(=O)c2cc(-c3ccc(OCc4ccccc4)cc3)nc3ccccc23)c1C. The molecule has 0 atom stereocenters. The molecule has 39 heavy (non-hydrogen) atoms. The highest BCUT2D eigenvalue weighted by atomic mass is 16.5. The third-order valence-corrected chi connectivity index (χ3v) is 6.55. The topological polar surface area (TPSA) is 77.5 Å². The molecule has 1 amide bonds. The van der Waals surface area contributed by atoms with Crippen LogP contribution >= 0.6 is 0 Å². The Hall–Kier alpha value is -4.97. The number of anilines is 1. The quantitative estimate of drug-likeness (QED) is 0.227. The molecular formula is C33H28N2O4. The van der Waals surface area contributed by atoms with E-state index in [0.717, 1.165) is 28.0 Å². The van der Waals surface area contributed by atoms with Crippen LogP contribution in [0.2, 0.25) is 0 Å². The van der Waals surface area contributed by atoms with E-state index in [4.69, 9.17) is 14.5 Å². The number of aryl methyl sites for hydroxylation is 1. The maximum atomic E-state index is 13.1. The first kappa shape index (κ1) is 25.7. The smallest absolute Gasteiger partial charge is 0.339 e. The molecule has 5 aromatic rings. The van der Waals surface area contributed by atoms with E-state index >= 15 is 0 Å². The third kappa shape index (κ3) is 6.13. The van der Waals surface area contributed by atoms with Crippen LogP contribution in [0.15, 0.2) is 103 Å². The zero-order chi connectivity index (χ0) is 27.2. The number of fused-ring (bicyclic) bond motifs is 1. The van der Waals surface area contributed by atoms with Crippen molar-refractivity contribution in [1.82, 2.24) is 4.98 Å². The summed E-state index contributed by atoms with van der Waals surface area (Å²) in [6.45, 7) is 3.99. The molecule has 0 saturated carbocycles. The number of rotatable bonds is 8. The summed E-state index contributed by atoms with van der Waals surface area (Å²) < 4.78 is 11.3. The molecule has 0 fully saturated rings. The van der Waals surface area contributed by atoms with Gasteiger partial charge in [0.05, 0.1) is 16.8 Å². The molecule has 4 aromatic carbocycles. The average Bonchev–Trinajstić information content (AvgIpc) is 2.97. The van der Waals surface area contributed by atoms with Gasteiger partial charge in [-0.2, -0.15) is 0 Å². The summed E-state index contributed by atoms with van der Waals surface area (Å²) in [6, 6.07) is 32.3. The zero-order valence-electron chi connectivity index (χ0n) is 21.8. The number of carbonyl (C=O) groups excluding carboxylic acids is 2. The van der Waals surface area contributed by atoms with Crippen molar-refractivity contribution in [3.05, 3.63) is 125 Å². The van der Waals surface area contributed by atoms with Gasteiger partial charge in [-0.3, -0.25) is 4.79 Å². The van der Waals surface area contributed by atoms with Crippen molar-refractivity contribution in [1.29, 1.82) is 0 Å². The summed E-state index contributed by atoms with van der Waals surface area (Å²) in [6.07, 6.45) is 0. The Morgan fingerprint density at radius 1 is 0.821 bits per heavy atom. The van der Waals surface area contributed by atoms with E-state index in [0.29, 0.717) is 34.5 Å². The van der Waals surface area contributed by atoms with Crippen LogP contribution < -0.4 is 10.1 Å². The number of esters is 1. The Morgan fingerprint density at radius 2 is 1.56 bits per heavy atom. The fourth-order valence-corrected chi connectivity index (χ4v) is 4.24. The molecule has 194 valence electrons. The number of nitrogens with one attached hydrogen (secondary N) is 1. The second-order valence-corrected chi connectivity index (χ2v) is 9.24. The van der Waals surface area contributed by atoms with E-state index in [1.807, 2.05) is 111 Å². The van der Waals surface area contributed by atoms with Crippen molar-refractivity contribution in [2.45, 2.75) is 20.5 Å². The van der Waals surface area contributed by atoms with Crippen LogP contribution in [0.25, 0.3) is 22.2 Å². The van der Waals surface area contributed by atoms with Gasteiger partial charge in [0.15, 0.2) is 6.61 Å². The molecule has 1 heterocycles. The van der Waals surface area contributed by atoms with Crippen LogP contribution in [0.4, 0.5) is 5.69 Å². The summed E-state index contributed by atoms with van der Waals surface area (Å²) in [5.74, 6) is -0.256. The van der Waals surface area contributed by atoms with E-state index in [2.05, 4.69) is 5.32 Å². The van der Waals surface area contributed by atoms with Gasteiger partial charge in [0.1, 0.15) is 12.4 Å². The average molecular weight is 517 g/mol. The number of aromatic nitrogens is 1. The van der Waals surface area contributed by atoms with E-state index in [1.165, 1.54) is 0 Å². The molecule has 0 saturated heterocycles. The van der Waals surface area contributed by atoms with Gasteiger partial charge < -0.3 is 14.8 Å². The van der Waals surface area contributed by atoms with Crippen molar-refractivity contribution in [3.8, 4) is 17.0 Å². The molecule has 6 nitrogen and oxygen atoms in total. The molecular weight excluding hydrogens is 488 g/mol. The minimum absolute atomic E-state index is 0.347. The molecule has 0 bridgehead atoms. The van der Waals surface area contributed by atoms with Gasteiger partial charge in [-0.05, 0) is 73.0 Å².